The van der Waals surface area contributed by atoms with Crippen molar-refractivity contribution in [2.45, 2.75) is 29.7 Å². The normalized spacial score (nSPS) is 17.5. The molecule has 1 amide bonds. The summed E-state index contributed by atoms with van der Waals surface area (Å²) in [5, 5.41) is 6.08. The minimum absolute atomic E-state index is 0.0514. The van der Waals surface area contributed by atoms with Crippen LogP contribution >= 0.6 is 11.8 Å². The standard InChI is InChI=1S/C19H22N2O2S/c1-13-3-8-18(14(2)11-13)24-16-6-4-15(5-7-16)21-19(22)17-12-23-10-9-20-17/h3-8,11,17,20H,9-10,12H2,1-2H3,(H,21,22). The highest BCUT2D eigenvalue weighted by atomic mass is 32.2. The van der Waals surface area contributed by atoms with Gasteiger partial charge in [-0.1, -0.05) is 29.5 Å². The zero-order valence-corrected chi connectivity index (χ0v) is 14.8. The molecule has 1 unspecified atom stereocenters. The van der Waals surface area contributed by atoms with Crippen LogP contribution < -0.4 is 10.6 Å². The molecule has 5 heteroatoms. The molecule has 2 aromatic rings. The number of morpholine rings is 1. The van der Waals surface area contributed by atoms with Crippen molar-refractivity contribution in [3.8, 4) is 0 Å². The van der Waals surface area contributed by atoms with Crippen molar-refractivity contribution in [3.05, 3.63) is 53.6 Å². The third-order valence-corrected chi connectivity index (χ3v) is 5.10. The van der Waals surface area contributed by atoms with E-state index in [1.807, 2.05) is 24.3 Å². The summed E-state index contributed by atoms with van der Waals surface area (Å²) in [6, 6.07) is 14.1. The monoisotopic (exact) mass is 342 g/mol. The van der Waals surface area contributed by atoms with Gasteiger partial charge in [0, 0.05) is 22.0 Å². The molecule has 0 aromatic heterocycles. The van der Waals surface area contributed by atoms with Gasteiger partial charge >= 0.3 is 0 Å². The van der Waals surface area contributed by atoms with E-state index in [1.54, 1.807) is 11.8 Å². The lowest BCUT2D eigenvalue weighted by Crippen LogP contribution is -2.48. The molecule has 4 nitrogen and oxygen atoms in total. The van der Waals surface area contributed by atoms with Gasteiger partial charge in [-0.25, -0.2) is 0 Å². The van der Waals surface area contributed by atoms with Gasteiger partial charge in [0.05, 0.1) is 13.2 Å². The highest BCUT2D eigenvalue weighted by Crippen LogP contribution is 2.31. The molecule has 1 aliphatic rings. The molecule has 0 aliphatic carbocycles. The van der Waals surface area contributed by atoms with Crippen molar-refractivity contribution < 1.29 is 9.53 Å². The fraction of sp³-hybridized carbons (Fsp3) is 0.316. The Morgan fingerprint density at radius 2 is 2.00 bits per heavy atom. The number of hydrogen-bond acceptors (Lipinski definition) is 4. The Labute approximate surface area is 147 Å². The zero-order valence-electron chi connectivity index (χ0n) is 14.0. The fourth-order valence-corrected chi connectivity index (χ4v) is 3.49. The molecule has 1 heterocycles. The van der Waals surface area contributed by atoms with E-state index < -0.39 is 0 Å². The minimum Gasteiger partial charge on any atom is -0.378 e. The lowest BCUT2D eigenvalue weighted by Gasteiger charge is -2.22. The molecule has 0 spiro atoms. The number of hydrogen-bond donors (Lipinski definition) is 2. The van der Waals surface area contributed by atoms with Gasteiger partial charge < -0.3 is 15.4 Å². The second-order valence-corrected chi connectivity index (χ2v) is 7.08. The van der Waals surface area contributed by atoms with Crippen LogP contribution in [-0.2, 0) is 9.53 Å². The average Bonchev–Trinajstić information content (AvgIpc) is 2.60. The number of nitrogens with one attached hydrogen (secondary N) is 2. The van der Waals surface area contributed by atoms with Crippen molar-refractivity contribution in [3.63, 3.8) is 0 Å². The molecule has 0 saturated carbocycles. The van der Waals surface area contributed by atoms with Gasteiger partial charge in [0.2, 0.25) is 5.91 Å². The molecule has 0 radical (unpaired) electrons. The number of carbonyl (C=O) groups excluding carboxylic acids is 1. The molecule has 2 aromatic carbocycles. The Kier molecular flexibility index (Phi) is 5.56. The highest BCUT2D eigenvalue weighted by molar-refractivity contribution is 7.99. The van der Waals surface area contributed by atoms with Crippen molar-refractivity contribution in [2.24, 2.45) is 0 Å². The summed E-state index contributed by atoms with van der Waals surface area (Å²) in [6.07, 6.45) is 0. The maximum absolute atomic E-state index is 12.2. The van der Waals surface area contributed by atoms with Gasteiger partial charge in [-0.2, -0.15) is 0 Å². The molecule has 1 atom stereocenters. The van der Waals surface area contributed by atoms with Crippen molar-refractivity contribution in [1.29, 1.82) is 0 Å². The van der Waals surface area contributed by atoms with E-state index in [2.05, 4.69) is 42.7 Å². The smallest absolute Gasteiger partial charge is 0.243 e. The van der Waals surface area contributed by atoms with Gasteiger partial charge in [-0.15, -0.1) is 0 Å². The summed E-state index contributed by atoms with van der Waals surface area (Å²) >= 11 is 1.73. The van der Waals surface area contributed by atoms with Crippen LogP contribution in [-0.4, -0.2) is 31.7 Å². The molecule has 3 rings (SSSR count). The third kappa shape index (κ3) is 4.38. The van der Waals surface area contributed by atoms with Crippen LogP contribution in [0.1, 0.15) is 11.1 Å². The number of anilines is 1. The van der Waals surface area contributed by atoms with E-state index in [0.717, 1.165) is 10.6 Å². The molecule has 126 valence electrons. The van der Waals surface area contributed by atoms with Gasteiger partial charge in [0.1, 0.15) is 6.04 Å². The Morgan fingerprint density at radius 1 is 1.21 bits per heavy atom. The first-order valence-electron chi connectivity index (χ1n) is 8.09. The molecule has 1 aliphatic heterocycles. The van der Waals surface area contributed by atoms with Crippen LogP contribution in [0.3, 0.4) is 0 Å². The van der Waals surface area contributed by atoms with Crippen molar-refractivity contribution in [2.75, 3.05) is 25.1 Å². The number of benzene rings is 2. The minimum atomic E-state index is -0.275. The third-order valence-electron chi connectivity index (χ3n) is 3.92. The van der Waals surface area contributed by atoms with Crippen LogP contribution in [0.25, 0.3) is 0 Å². The largest absolute Gasteiger partial charge is 0.378 e. The topological polar surface area (TPSA) is 50.4 Å². The lowest BCUT2D eigenvalue weighted by atomic mass is 10.2. The van der Waals surface area contributed by atoms with Crippen LogP contribution in [0, 0.1) is 13.8 Å². The first kappa shape index (κ1) is 17.0. The molecule has 24 heavy (non-hydrogen) atoms. The highest BCUT2D eigenvalue weighted by Gasteiger charge is 2.20. The van der Waals surface area contributed by atoms with Crippen molar-refractivity contribution in [1.82, 2.24) is 5.32 Å². The first-order valence-corrected chi connectivity index (χ1v) is 8.90. The lowest BCUT2D eigenvalue weighted by molar-refractivity contribution is -0.120. The van der Waals surface area contributed by atoms with Gasteiger partial charge in [0.25, 0.3) is 0 Å². The summed E-state index contributed by atoms with van der Waals surface area (Å²) in [6.45, 7) is 6.03. The summed E-state index contributed by atoms with van der Waals surface area (Å²) < 4.78 is 5.32. The number of carbonyl (C=O) groups is 1. The number of ether oxygens (including phenoxy) is 1. The van der Waals surface area contributed by atoms with Gasteiger partial charge in [0.15, 0.2) is 0 Å². The van der Waals surface area contributed by atoms with Gasteiger partial charge in [-0.05, 0) is 49.7 Å². The predicted molar refractivity (Wildman–Crippen MR) is 97.7 cm³/mol. The SMILES string of the molecule is Cc1ccc(Sc2ccc(NC(=O)C3COCCN3)cc2)c(C)c1. The summed E-state index contributed by atoms with van der Waals surface area (Å²) in [7, 11) is 0. The quantitative estimate of drug-likeness (QED) is 0.894. The molecular formula is C19H22N2O2S. The van der Waals surface area contributed by atoms with E-state index in [4.69, 9.17) is 4.74 Å². The number of rotatable bonds is 4. The second-order valence-electron chi connectivity index (χ2n) is 5.97. The van der Waals surface area contributed by atoms with E-state index in [0.29, 0.717) is 19.8 Å². The number of amides is 1. The molecule has 2 N–H and O–H groups in total. The summed E-state index contributed by atoms with van der Waals surface area (Å²) in [4.78, 5) is 14.6. The van der Waals surface area contributed by atoms with Crippen LogP contribution in [0.15, 0.2) is 52.3 Å². The number of aryl methyl sites for hydroxylation is 2. The summed E-state index contributed by atoms with van der Waals surface area (Å²) in [5.41, 5.74) is 3.35. The van der Waals surface area contributed by atoms with E-state index in [9.17, 15) is 4.79 Å². The average molecular weight is 342 g/mol. The van der Waals surface area contributed by atoms with Gasteiger partial charge in [-0.3, -0.25) is 4.79 Å². The van der Waals surface area contributed by atoms with E-state index in [1.165, 1.54) is 16.0 Å². The van der Waals surface area contributed by atoms with Crippen LogP contribution in [0.2, 0.25) is 0 Å². The Bertz CT molecular complexity index is 710. The fourth-order valence-electron chi connectivity index (χ4n) is 2.61. The van der Waals surface area contributed by atoms with Crippen LogP contribution in [0.4, 0.5) is 5.69 Å². The molecule has 0 bridgehead atoms. The van der Waals surface area contributed by atoms with E-state index in [-0.39, 0.29) is 11.9 Å². The predicted octanol–water partition coefficient (Wildman–Crippen LogP) is 3.38. The summed E-state index contributed by atoms with van der Waals surface area (Å²) in [5.74, 6) is -0.0514. The maximum atomic E-state index is 12.2. The molecule has 1 saturated heterocycles. The second kappa shape index (κ2) is 7.83. The molecule has 1 fully saturated rings. The Balaban J connectivity index is 1.61. The van der Waals surface area contributed by atoms with Crippen molar-refractivity contribution >= 4 is 23.4 Å². The van der Waals surface area contributed by atoms with Crippen LogP contribution in [0.5, 0.6) is 0 Å². The maximum Gasteiger partial charge on any atom is 0.243 e. The Hall–Kier alpha value is -1.82. The Morgan fingerprint density at radius 3 is 2.67 bits per heavy atom. The van der Waals surface area contributed by atoms with E-state index >= 15 is 0 Å². The first-order chi connectivity index (χ1) is 11.6. The molecular weight excluding hydrogens is 320 g/mol. The zero-order chi connectivity index (χ0) is 16.9.